The minimum atomic E-state index is -1.41. The number of hydrogen-bond donors (Lipinski definition) is 1. The lowest BCUT2D eigenvalue weighted by molar-refractivity contribution is -0.403. The van der Waals surface area contributed by atoms with Gasteiger partial charge in [0, 0.05) is 13.2 Å². The number of hydrogen-bond acceptors (Lipinski definition) is 5. The lowest BCUT2D eigenvalue weighted by Crippen LogP contribution is -2.55. The zero-order chi connectivity index (χ0) is 11.5. The van der Waals surface area contributed by atoms with Crippen LogP contribution >= 0.6 is 8.53 Å². The van der Waals surface area contributed by atoms with E-state index in [4.69, 9.17) is 24.0 Å². The van der Waals surface area contributed by atoms with E-state index in [0.717, 1.165) is 0 Å². The fourth-order valence-electron chi connectivity index (χ4n) is 1.45. The van der Waals surface area contributed by atoms with E-state index in [1.807, 2.05) is 27.7 Å². The first-order valence-corrected chi connectivity index (χ1v) is 6.37. The summed E-state index contributed by atoms with van der Waals surface area (Å²) in [5, 5.41) is 0. The summed E-state index contributed by atoms with van der Waals surface area (Å²) < 4.78 is 22.1. The molecule has 6 heteroatoms. The van der Waals surface area contributed by atoms with Crippen LogP contribution < -0.4 is 5.50 Å². The average molecular weight is 237 g/mol. The number of ether oxygens (including phenoxy) is 2. The lowest BCUT2D eigenvalue weighted by atomic mass is 9.91. The van der Waals surface area contributed by atoms with Crippen molar-refractivity contribution >= 4 is 8.53 Å². The summed E-state index contributed by atoms with van der Waals surface area (Å²) in [7, 11) is -1.41. The number of rotatable bonds is 4. The zero-order valence-corrected chi connectivity index (χ0v) is 10.7. The predicted octanol–water partition coefficient (Wildman–Crippen LogP) is 1.97. The van der Waals surface area contributed by atoms with Crippen LogP contribution in [0.2, 0.25) is 0 Å². The van der Waals surface area contributed by atoms with Crippen LogP contribution in [-0.4, -0.2) is 25.8 Å². The van der Waals surface area contributed by atoms with Gasteiger partial charge in [-0.25, -0.2) is 0 Å². The van der Waals surface area contributed by atoms with Crippen LogP contribution in [0.15, 0.2) is 0 Å². The first-order valence-electron chi connectivity index (χ1n) is 5.12. The second kappa shape index (κ2) is 5.04. The van der Waals surface area contributed by atoms with Gasteiger partial charge in [0.2, 0.25) is 0 Å². The van der Waals surface area contributed by atoms with Crippen LogP contribution in [0.3, 0.4) is 0 Å². The Labute approximate surface area is 92.2 Å². The Morgan fingerprint density at radius 1 is 1.27 bits per heavy atom. The van der Waals surface area contributed by atoms with E-state index in [0.29, 0.717) is 19.8 Å². The maximum atomic E-state index is 5.65. The van der Waals surface area contributed by atoms with Crippen LogP contribution in [0.25, 0.3) is 0 Å². The summed E-state index contributed by atoms with van der Waals surface area (Å²) in [5.74, 6) is -1.07. The molecule has 1 heterocycles. The van der Waals surface area contributed by atoms with E-state index in [-0.39, 0.29) is 5.41 Å². The van der Waals surface area contributed by atoms with Crippen LogP contribution in [-0.2, 0) is 18.5 Å². The Morgan fingerprint density at radius 2 is 1.80 bits per heavy atom. The number of nitrogens with two attached hydrogens (primary N) is 1. The molecule has 0 aromatic carbocycles. The third-order valence-electron chi connectivity index (χ3n) is 2.26. The summed E-state index contributed by atoms with van der Waals surface area (Å²) in [6.07, 6.45) is 0. The molecule has 0 aliphatic carbocycles. The van der Waals surface area contributed by atoms with Crippen LogP contribution in [0.1, 0.15) is 27.7 Å². The van der Waals surface area contributed by atoms with Gasteiger partial charge in [0.15, 0.2) is 0 Å². The molecule has 1 fully saturated rings. The van der Waals surface area contributed by atoms with Crippen molar-refractivity contribution in [1.82, 2.24) is 0 Å². The van der Waals surface area contributed by atoms with Gasteiger partial charge >= 0.3 is 0 Å². The third kappa shape index (κ3) is 2.67. The van der Waals surface area contributed by atoms with Gasteiger partial charge in [-0.05, 0) is 27.7 Å². The molecule has 0 amide bonds. The molecule has 1 unspecified atom stereocenters. The van der Waals surface area contributed by atoms with Crippen LogP contribution in [0, 0.1) is 5.41 Å². The Bertz CT molecular complexity index is 206. The molecule has 0 bridgehead atoms. The van der Waals surface area contributed by atoms with Crippen LogP contribution in [0.4, 0.5) is 0 Å². The van der Waals surface area contributed by atoms with Crippen molar-refractivity contribution in [3.63, 3.8) is 0 Å². The van der Waals surface area contributed by atoms with Gasteiger partial charge in [-0.2, -0.15) is 0 Å². The second-order valence-electron chi connectivity index (χ2n) is 3.96. The third-order valence-corrected chi connectivity index (χ3v) is 3.06. The van der Waals surface area contributed by atoms with Gasteiger partial charge in [0.1, 0.15) is 0 Å². The van der Waals surface area contributed by atoms with Gasteiger partial charge < -0.3 is 14.0 Å². The molecular weight excluding hydrogens is 217 g/mol. The molecule has 1 aliphatic rings. The maximum Gasteiger partial charge on any atom is 0.296 e. The van der Waals surface area contributed by atoms with Crippen molar-refractivity contribution < 1.29 is 18.5 Å². The van der Waals surface area contributed by atoms with Gasteiger partial charge in [-0.1, -0.05) is 0 Å². The quantitative estimate of drug-likeness (QED) is 0.598. The summed E-state index contributed by atoms with van der Waals surface area (Å²) in [6.45, 7) is 9.22. The molecular formula is C9H20NO4P. The minimum Gasteiger partial charge on any atom is -0.327 e. The smallest absolute Gasteiger partial charge is 0.296 e. The molecule has 15 heavy (non-hydrogen) atoms. The van der Waals surface area contributed by atoms with Gasteiger partial charge in [0.25, 0.3) is 14.5 Å². The molecule has 0 aromatic rings. The monoisotopic (exact) mass is 237 g/mol. The largest absolute Gasteiger partial charge is 0.327 e. The topological polar surface area (TPSA) is 62.9 Å². The molecule has 1 rings (SSSR count). The van der Waals surface area contributed by atoms with E-state index < -0.39 is 14.5 Å². The van der Waals surface area contributed by atoms with E-state index in [2.05, 4.69) is 0 Å². The molecule has 5 nitrogen and oxygen atoms in total. The highest BCUT2D eigenvalue weighted by Crippen LogP contribution is 2.51. The second-order valence-corrected chi connectivity index (χ2v) is 4.97. The fraction of sp³-hybridized carbons (Fsp3) is 1.00. The highest BCUT2D eigenvalue weighted by Gasteiger charge is 2.54. The summed E-state index contributed by atoms with van der Waals surface area (Å²) in [4.78, 5) is 0. The Kier molecular flexibility index (Phi) is 4.47. The van der Waals surface area contributed by atoms with E-state index in [1.165, 1.54) is 0 Å². The Morgan fingerprint density at radius 3 is 2.27 bits per heavy atom. The molecule has 1 saturated heterocycles. The molecule has 0 radical (unpaired) electrons. The summed E-state index contributed by atoms with van der Waals surface area (Å²) >= 11 is 0. The molecule has 0 saturated carbocycles. The van der Waals surface area contributed by atoms with Crippen molar-refractivity contribution in [2.45, 2.75) is 33.7 Å². The highest BCUT2D eigenvalue weighted by atomic mass is 31.2. The Hall–Kier alpha value is 0.230. The maximum absolute atomic E-state index is 5.65. The minimum absolute atomic E-state index is 0.378. The van der Waals surface area contributed by atoms with Crippen molar-refractivity contribution in [1.29, 1.82) is 0 Å². The van der Waals surface area contributed by atoms with Gasteiger partial charge in [-0.15, -0.1) is 0 Å². The van der Waals surface area contributed by atoms with Crippen molar-refractivity contribution in [2.24, 2.45) is 10.9 Å². The van der Waals surface area contributed by atoms with E-state index >= 15 is 0 Å². The molecule has 1 aliphatic heterocycles. The standard InChI is InChI=1S/C9H20NO4P/c1-5-11-9(12-6-2)8(3,4)7-13-15(10)14-9/h5-7,10H2,1-4H3. The lowest BCUT2D eigenvalue weighted by Gasteiger charge is -2.48. The Balaban J connectivity index is 2.87. The highest BCUT2D eigenvalue weighted by molar-refractivity contribution is 7.44. The van der Waals surface area contributed by atoms with Gasteiger partial charge in [-0.3, -0.25) is 10.0 Å². The molecule has 1 atom stereocenters. The molecule has 0 spiro atoms. The van der Waals surface area contributed by atoms with Crippen LogP contribution in [0.5, 0.6) is 0 Å². The predicted molar refractivity (Wildman–Crippen MR) is 57.9 cm³/mol. The zero-order valence-electron chi connectivity index (χ0n) is 9.78. The van der Waals surface area contributed by atoms with E-state index in [9.17, 15) is 0 Å². The normalized spacial score (nSPS) is 29.0. The van der Waals surface area contributed by atoms with Crippen molar-refractivity contribution in [3.05, 3.63) is 0 Å². The van der Waals surface area contributed by atoms with E-state index in [1.54, 1.807) is 0 Å². The van der Waals surface area contributed by atoms with Crippen molar-refractivity contribution in [3.8, 4) is 0 Å². The first-order chi connectivity index (χ1) is 6.97. The summed E-state index contributed by atoms with van der Waals surface area (Å²) in [6, 6.07) is 0. The molecule has 90 valence electrons. The average Bonchev–Trinajstić information content (AvgIpc) is 2.13. The molecule has 2 N–H and O–H groups in total. The SMILES string of the molecule is CCOC1(OCC)OP(N)OCC1(C)C. The summed E-state index contributed by atoms with van der Waals surface area (Å²) in [5.41, 5.74) is 5.27. The fourth-order valence-corrected chi connectivity index (χ4v) is 2.54. The van der Waals surface area contributed by atoms with Gasteiger partial charge in [0.05, 0.1) is 12.0 Å². The van der Waals surface area contributed by atoms with Crippen molar-refractivity contribution in [2.75, 3.05) is 19.8 Å². The molecule has 0 aromatic heterocycles. The first kappa shape index (κ1) is 13.3.